The van der Waals surface area contributed by atoms with E-state index in [-0.39, 0.29) is 6.04 Å². The van der Waals surface area contributed by atoms with Gasteiger partial charge in [-0.1, -0.05) is 19.8 Å². The summed E-state index contributed by atoms with van der Waals surface area (Å²) in [5, 5.41) is 0. The van der Waals surface area contributed by atoms with Crippen LogP contribution in [-0.2, 0) is 4.74 Å². The van der Waals surface area contributed by atoms with Crippen LogP contribution in [0.4, 0.5) is 0 Å². The van der Waals surface area contributed by atoms with E-state index in [1.165, 1.54) is 25.7 Å². The van der Waals surface area contributed by atoms with E-state index in [0.717, 1.165) is 31.7 Å². The molecule has 1 saturated carbocycles. The van der Waals surface area contributed by atoms with Crippen molar-refractivity contribution < 1.29 is 4.74 Å². The van der Waals surface area contributed by atoms with Gasteiger partial charge in [-0.25, -0.2) is 0 Å². The molecule has 2 fully saturated rings. The first-order valence-electron chi connectivity index (χ1n) is 6.72. The average molecular weight is 226 g/mol. The quantitative estimate of drug-likeness (QED) is 0.792. The lowest BCUT2D eigenvalue weighted by Gasteiger charge is -2.37. The number of ether oxygens (including phenoxy) is 1. The maximum Gasteiger partial charge on any atom is 0.0621 e. The van der Waals surface area contributed by atoms with Crippen molar-refractivity contribution in [3.8, 4) is 0 Å². The molecule has 3 heteroatoms. The van der Waals surface area contributed by atoms with Crippen molar-refractivity contribution in [3.05, 3.63) is 0 Å². The smallest absolute Gasteiger partial charge is 0.0621 e. The summed E-state index contributed by atoms with van der Waals surface area (Å²) in [4.78, 5) is 2.53. The van der Waals surface area contributed by atoms with Crippen LogP contribution in [0.1, 0.15) is 32.6 Å². The molecule has 4 unspecified atom stereocenters. The highest BCUT2D eigenvalue weighted by Crippen LogP contribution is 2.28. The molecule has 1 heterocycles. The van der Waals surface area contributed by atoms with Crippen LogP contribution in [0.15, 0.2) is 0 Å². The second kappa shape index (κ2) is 5.48. The molecule has 0 radical (unpaired) electrons. The Kier molecular flexibility index (Phi) is 4.22. The molecule has 0 aromatic heterocycles. The van der Waals surface area contributed by atoms with E-state index in [9.17, 15) is 0 Å². The molecule has 0 bridgehead atoms. The zero-order valence-corrected chi connectivity index (χ0v) is 10.7. The maximum atomic E-state index is 6.04. The van der Waals surface area contributed by atoms with Gasteiger partial charge in [-0.15, -0.1) is 0 Å². The first kappa shape index (κ1) is 12.3. The summed E-state index contributed by atoms with van der Waals surface area (Å²) >= 11 is 0. The minimum absolute atomic E-state index is 0.251. The Morgan fingerprint density at radius 1 is 1.25 bits per heavy atom. The molecular weight excluding hydrogens is 200 g/mol. The van der Waals surface area contributed by atoms with Crippen LogP contribution in [0.5, 0.6) is 0 Å². The lowest BCUT2D eigenvalue weighted by atomic mass is 9.84. The van der Waals surface area contributed by atoms with Crippen LogP contribution >= 0.6 is 0 Å². The molecule has 2 rings (SSSR count). The predicted molar refractivity (Wildman–Crippen MR) is 66.3 cm³/mol. The van der Waals surface area contributed by atoms with Crippen molar-refractivity contribution in [2.45, 2.75) is 44.7 Å². The number of hydrogen-bond donors (Lipinski definition) is 1. The van der Waals surface area contributed by atoms with Gasteiger partial charge in [0.05, 0.1) is 13.2 Å². The lowest BCUT2D eigenvalue weighted by molar-refractivity contribution is 0.112. The van der Waals surface area contributed by atoms with Crippen molar-refractivity contribution in [3.63, 3.8) is 0 Å². The Labute approximate surface area is 99.3 Å². The van der Waals surface area contributed by atoms with Crippen LogP contribution in [-0.4, -0.2) is 43.8 Å². The van der Waals surface area contributed by atoms with E-state index in [0.29, 0.717) is 5.92 Å². The molecule has 0 spiro atoms. The van der Waals surface area contributed by atoms with Gasteiger partial charge in [0, 0.05) is 24.5 Å². The fourth-order valence-electron chi connectivity index (χ4n) is 3.26. The van der Waals surface area contributed by atoms with Crippen molar-refractivity contribution in [2.75, 3.05) is 26.8 Å². The van der Waals surface area contributed by atoms with Crippen molar-refractivity contribution in [1.82, 2.24) is 4.90 Å². The van der Waals surface area contributed by atoms with Gasteiger partial charge in [0.2, 0.25) is 0 Å². The Balaban J connectivity index is 1.84. The topological polar surface area (TPSA) is 38.5 Å². The first-order chi connectivity index (χ1) is 7.68. The van der Waals surface area contributed by atoms with Gasteiger partial charge in [0.1, 0.15) is 0 Å². The summed E-state index contributed by atoms with van der Waals surface area (Å²) in [6.45, 7) is 5.10. The fourth-order valence-corrected chi connectivity index (χ4v) is 3.26. The minimum atomic E-state index is 0.251. The second-order valence-corrected chi connectivity index (χ2v) is 5.73. The molecule has 16 heavy (non-hydrogen) atoms. The van der Waals surface area contributed by atoms with Gasteiger partial charge in [-0.2, -0.15) is 0 Å². The molecule has 1 aliphatic carbocycles. The third kappa shape index (κ3) is 2.76. The van der Waals surface area contributed by atoms with E-state index < -0.39 is 0 Å². The highest BCUT2D eigenvalue weighted by molar-refractivity contribution is 4.85. The Hall–Kier alpha value is -0.120. The number of rotatable bonds is 3. The van der Waals surface area contributed by atoms with Gasteiger partial charge in [0.25, 0.3) is 0 Å². The highest BCUT2D eigenvalue weighted by atomic mass is 16.5. The molecule has 2 N–H and O–H groups in total. The standard InChI is InChI=1S/C13H26N2O/c1-10-5-3-4-6-13(10)15(2)7-11-8-16-9-12(11)14/h10-13H,3-9,14H2,1-2H3. The van der Waals surface area contributed by atoms with Crippen molar-refractivity contribution in [1.29, 1.82) is 0 Å². The molecule has 0 aromatic carbocycles. The van der Waals surface area contributed by atoms with Crippen LogP contribution in [0.3, 0.4) is 0 Å². The molecule has 3 nitrogen and oxygen atoms in total. The summed E-state index contributed by atoms with van der Waals surface area (Å²) < 4.78 is 5.43. The number of hydrogen-bond acceptors (Lipinski definition) is 3. The minimum Gasteiger partial charge on any atom is -0.379 e. The van der Waals surface area contributed by atoms with E-state index in [4.69, 9.17) is 10.5 Å². The maximum absolute atomic E-state index is 6.04. The Bertz CT molecular complexity index is 222. The Morgan fingerprint density at radius 3 is 2.62 bits per heavy atom. The van der Waals surface area contributed by atoms with E-state index in [1.807, 2.05) is 0 Å². The van der Waals surface area contributed by atoms with Crippen LogP contribution in [0.2, 0.25) is 0 Å². The largest absolute Gasteiger partial charge is 0.379 e. The van der Waals surface area contributed by atoms with Gasteiger partial charge < -0.3 is 15.4 Å². The summed E-state index contributed by atoms with van der Waals surface area (Å²) in [5.41, 5.74) is 6.04. The molecule has 1 aliphatic heterocycles. The fraction of sp³-hybridized carbons (Fsp3) is 1.00. The molecule has 4 atom stereocenters. The number of nitrogens with zero attached hydrogens (tertiary/aromatic N) is 1. The number of nitrogens with two attached hydrogens (primary N) is 1. The first-order valence-corrected chi connectivity index (χ1v) is 6.72. The van der Waals surface area contributed by atoms with Gasteiger partial charge in [-0.3, -0.25) is 0 Å². The molecule has 94 valence electrons. The highest BCUT2D eigenvalue weighted by Gasteiger charge is 2.30. The summed E-state index contributed by atoms with van der Waals surface area (Å²) in [7, 11) is 2.26. The molecule has 0 amide bonds. The van der Waals surface area contributed by atoms with Gasteiger partial charge in [-0.05, 0) is 25.8 Å². The van der Waals surface area contributed by atoms with Crippen molar-refractivity contribution >= 4 is 0 Å². The molecular formula is C13H26N2O. The second-order valence-electron chi connectivity index (χ2n) is 5.73. The third-order valence-electron chi connectivity index (χ3n) is 4.40. The molecule has 0 aromatic rings. The van der Waals surface area contributed by atoms with Crippen LogP contribution in [0.25, 0.3) is 0 Å². The average Bonchev–Trinajstić information content (AvgIpc) is 2.65. The zero-order valence-electron chi connectivity index (χ0n) is 10.7. The van der Waals surface area contributed by atoms with Crippen molar-refractivity contribution in [2.24, 2.45) is 17.6 Å². The van der Waals surface area contributed by atoms with Crippen LogP contribution in [0, 0.1) is 11.8 Å². The Morgan fingerprint density at radius 2 is 2.00 bits per heavy atom. The van der Waals surface area contributed by atoms with Gasteiger partial charge >= 0.3 is 0 Å². The van der Waals surface area contributed by atoms with E-state index in [1.54, 1.807) is 0 Å². The monoisotopic (exact) mass is 226 g/mol. The molecule has 1 saturated heterocycles. The van der Waals surface area contributed by atoms with Crippen LogP contribution < -0.4 is 5.73 Å². The van der Waals surface area contributed by atoms with Gasteiger partial charge in [0.15, 0.2) is 0 Å². The lowest BCUT2D eigenvalue weighted by Crippen LogP contribution is -2.44. The zero-order chi connectivity index (χ0) is 11.5. The predicted octanol–water partition coefficient (Wildman–Crippen LogP) is 1.47. The van der Waals surface area contributed by atoms with E-state index in [2.05, 4.69) is 18.9 Å². The summed E-state index contributed by atoms with van der Waals surface area (Å²) in [5.74, 6) is 1.39. The normalized spacial score (nSPS) is 40.5. The summed E-state index contributed by atoms with van der Waals surface area (Å²) in [6, 6.07) is 1.02. The van der Waals surface area contributed by atoms with E-state index >= 15 is 0 Å². The third-order valence-corrected chi connectivity index (χ3v) is 4.40. The molecule has 2 aliphatic rings. The summed E-state index contributed by atoms with van der Waals surface area (Å²) in [6.07, 6.45) is 5.56. The SMILES string of the molecule is CC1CCCCC1N(C)CC1COCC1N.